The summed E-state index contributed by atoms with van der Waals surface area (Å²) in [7, 11) is 0. The molecule has 0 atom stereocenters. The van der Waals surface area contributed by atoms with Crippen LogP contribution in [-0.4, -0.2) is 25.0 Å². The molecule has 0 aliphatic rings. The van der Waals surface area contributed by atoms with E-state index in [1.54, 1.807) is 12.1 Å². The lowest BCUT2D eigenvalue weighted by Crippen LogP contribution is -2.28. The fourth-order valence-electron chi connectivity index (χ4n) is 2.99. The second kappa shape index (κ2) is 9.61. The van der Waals surface area contributed by atoms with Gasteiger partial charge in [-0.1, -0.05) is 22.0 Å². The molecule has 0 aliphatic carbocycles. The summed E-state index contributed by atoms with van der Waals surface area (Å²) in [5.74, 6) is -0.352. The number of amides is 1. The smallest absolute Gasteiger partial charge is 0.349 e. The molecule has 0 spiro atoms. The first kappa shape index (κ1) is 22.3. The standard InChI is InChI=1S/C23H20BrNO6/c1-4-7-25-22(27)18-10-15-5-6-17(11-19(15)31-23(18)28)30-20(26)12-29-21-13(2)8-16(24)9-14(21)3/h4-6,8-11H,1,7,12H2,2-3H3,(H,25,27). The van der Waals surface area contributed by atoms with Crippen molar-refractivity contribution >= 4 is 38.8 Å². The van der Waals surface area contributed by atoms with Gasteiger partial charge < -0.3 is 19.2 Å². The first-order valence-corrected chi connectivity index (χ1v) is 10.1. The lowest BCUT2D eigenvalue weighted by Gasteiger charge is -2.12. The lowest BCUT2D eigenvalue weighted by atomic mass is 10.1. The van der Waals surface area contributed by atoms with Gasteiger partial charge in [-0.25, -0.2) is 9.59 Å². The average Bonchev–Trinajstić information content (AvgIpc) is 2.70. The number of hydrogen-bond donors (Lipinski definition) is 1. The van der Waals surface area contributed by atoms with Crippen molar-refractivity contribution in [3.8, 4) is 11.5 Å². The van der Waals surface area contributed by atoms with Crippen molar-refractivity contribution in [3.05, 3.63) is 80.6 Å². The maximum absolute atomic E-state index is 12.2. The predicted molar refractivity (Wildman–Crippen MR) is 120 cm³/mol. The van der Waals surface area contributed by atoms with Gasteiger partial charge in [-0.3, -0.25) is 4.79 Å². The number of ether oxygens (including phenoxy) is 2. The van der Waals surface area contributed by atoms with Gasteiger partial charge in [0, 0.05) is 22.5 Å². The monoisotopic (exact) mass is 485 g/mol. The SMILES string of the molecule is C=CCNC(=O)c1cc2ccc(OC(=O)COc3c(C)cc(Br)cc3C)cc2oc1=O. The molecule has 0 radical (unpaired) electrons. The van der Waals surface area contributed by atoms with Crippen LogP contribution < -0.4 is 20.4 Å². The van der Waals surface area contributed by atoms with Gasteiger partial charge in [0.1, 0.15) is 22.6 Å². The Morgan fingerprint density at radius 1 is 1.16 bits per heavy atom. The largest absolute Gasteiger partial charge is 0.481 e. The lowest BCUT2D eigenvalue weighted by molar-refractivity contribution is -0.136. The summed E-state index contributed by atoms with van der Waals surface area (Å²) in [5, 5.41) is 3.04. The van der Waals surface area contributed by atoms with Crippen LogP contribution in [0.5, 0.6) is 11.5 Å². The number of nitrogens with one attached hydrogen (secondary N) is 1. The molecule has 3 rings (SSSR count). The van der Waals surface area contributed by atoms with Crippen molar-refractivity contribution in [2.24, 2.45) is 0 Å². The molecule has 0 aliphatic heterocycles. The van der Waals surface area contributed by atoms with Crippen LogP contribution in [0.2, 0.25) is 0 Å². The quantitative estimate of drug-likeness (QED) is 0.234. The van der Waals surface area contributed by atoms with E-state index in [9.17, 15) is 14.4 Å². The van der Waals surface area contributed by atoms with Gasteiger partial charge in [0.25, 0.3) is 5.91 Å². The summed E-state index contributed by atoms with van der Waals surface area (Å²) < 4.78 is 17.1. The second-order valence-electron chi connectivity index (χ2n) is 6.78. The number of fused-ring (bicyclic) bond motifs is 1. The Balaban J connectivity index is 1.72. The molecule has 0 unspecified atom stereocenters. The molecule has 0 bridgehead atoms. The summed E-state index contributed by atoms with van der Waals surface area (Å²) in [6.45, 7) is 7.22. The van der Waals surface area contributed by atoms with Gasteiger partial charge in [0.05, 0.1) is 0 Å². The molecule has 160 valence electrons. The minimum atomic E-state index is -0.790. The second-order valence-corrected chi connectivity index (χ2v) is 7.69. The number of esters is 1. The molecule has 0 saturated heterocycles. The van der Waals surface area contributed by atoms with Crippen molar-refractivity contribution in [1.29, 1.82) is 0 Å². The maximum atomic E-state index is 12.2. The van der Waals surface area contributed by atoms with E-state index in [2.05, 4.69) is 27.8 Å². The van der Waals surface area contributed by atoms with E-state index in [0.29, 0.717) is 11.1 Å². The third-order valence-electron chi connectivity index (χ3n) is 4.35. The van der Waals surface area contributed by atoms with Crippen LogP contribution in [-0.2, 0) is 4.79 Å². The Morgan fingerprint density at radius 3 is 2.55 bits per heavy atom. The fourth-order valence-corrected chi connectivity index (χ4v) is 3.68. The van der Waals surface area contributed by atoms with Crippen molar-refractivity contribution in [3.63, 3.8) is 0 Å². The van der Waals surface area contributed by atoms with Gasteiger partial charge in [-0.2, -0.15) is 0 Å². The molecular formula is C23H20BrNO6. The zero-order chi connectivity index (χ0) is 22.5. The fraction of sp³-hybridized carbons (Fsp3) is 0.174. The number of benzene rings is 2. The molecule has 3 aromatic rings. The van der Waals surface area contributed by atoms with Crippen LogP contribution in [0.15, 0.2) is 62.7 Å². The number of halogens is 1. The van der Waals surface area contributed by atoms with Crippen LogP contribution in [0.25, 0.3) is 11.0 Å². The Bertz CT molecular complexity index is 1210. The number of aryl methyl sites for hydroxylation is 2. The molecule has 7 nitrogen and oxygen atoms in total. The summed E-state index contributed by atoms with van der Waals surface area (Å²) in [6, 6.07) is 9.76. The van der Waals surface area contributed by atoms with E-state index >= 15 is 0 Å². The normalized spacial score (nSPS) is 10.5. The van der Waals surface area contributed by atoms with Crippen molar-refractivity contribution in [2.75, 3.05) is 13.2 Å². The van der Waals surface area contributed by atoms with E-state index in [0.717, 1.165) is 15.6 Å². The highest BCUT2D eigenvalue weighted by atomic mass is 79.9. The number of carbonyl (C=O) groups is 2. The zero-order valence-corrected chi connectivity index (χ0v) is 18.6. The van der Waals surface area contributed by atoms with Crippen molar-refractivity contribution < 1.29 is 23.5 Å². The first-order chi connectivity index (χ1) is 14.8. The molecule has 31 heavy (non-hydrogen) atoms. The van der Waals surface area contributed by atoms with Crippen LogP contribution in [0.1, 0.15) is 21.5 Å². The molecule has 1 amide bonds. The first-order valence-electron chi connectivity index (χ1n) is 9.35. The van der Waals surface area contributed by atoms with Gasteiger partial charge in [-0.15, -0.1) is 6.58 Å². The Kier molecular flexibility index (Phi) is 6.91. The van der Waals surface area contributed by atoms with Crippen LogP contribution in [0, 0.1) is 13.8 Å². The predicted octanol–water partition coefficient (Wildman–Crippen LogP) is 4.07. The minimum absolute atomic E-state index is 0.118. The summed E-state index contributed by atoms with van der Waals surface area (Å²) in [5.41, 5.74) is 1.06. The third-order valence-corrected chi connectivity index (χ3v) is 4.81. The third kappa shape index (κ3) is 5.40. The van der Waals surface area contributed by atoms with E-state index in [4.69, 9.17) is 13.9 Å². The minimum Gasteiger partial charge on any atom is -0.481 e. The van der Waals surface area contributed by atoms with Gasteiger partial charge in [-0.05, 0) is 55.3 Å². The number of hydrogen-bond acceptors (Lipinski definition) is 6. The van der Waals surface area contributed by atoms with Crippen LogP contribution in [0.4, 0.5) is 0 Å². The van der Waals surface area contributed by atoms with Crippen molar-refractivity contribution in [2.45, 2.75) is 13.8 Å². The highest BCUT2D eigenvalue weighted by Gasteiger charge is 2.15. The van der Waals surface area contributed by atoms with Crippen molar-refractivity contribution in [1.82, 2.24) is 5.32 Å². The molecule has 1 N–H and O–H groups in total. The summed E-state index contributed by atoms with van der Waals surface area (Å²) in [4.78, 5) is 36.4. The van der Waals surface area contributed by atoms with Gasteiger partial charge >= 0.3 is 11.6 Å². The summed E-state index contributed by atoms with van der Waals surface area (Å²) >= 11 is 3.42. The Hall–Kier alpha value is -3.39. The highest BCUT2D eigenvalue weighted by Crippen LogP contribution is 2.27. The number of carbonyl (C=O) groups excluding carboxylic acids is 2. The molecule has 1 aromatic heterocycles. The molecule has 0 fully saturated rings. The molecular weight excluding hydrogens is 466 g/mol. The molecule has 0 saturated carbocycles. The Morgan fingerprint density at radius 2 is 1.87 bits per heavy atom. The van der Waals surface area contributed by atoms with Gasteiger partial charge in [0.2, 0.25) is 0 Å². The molecule has 8 heteroatoms. The van der Waals surface area contributed by atoms with E-state index in [1.807, 2.05) is 26.0 Å². The average molecular weight is 486 g/mol. The maximum Gasteiger partial charge on any atom is 0.349 e. The van der Waals surface area contributed by atoms with E-state index < -0.39 is 17.5 Å². The topological polar surface area (TPSA) is 94.8 Å². The van der Waals surface area contributed by atoms with E-state index in [-0.39, 0.29) is 30.0 Å². The number of rotatable bonds is 7. The van der Waals surface area contributed by atoms with Gasteiger partial charge in [0.15, 0.2) is 6.61 Å². The van der Waals surface area contributed by atoms with Crippen LogP contribution in [0.3, 0.4) is 0 Å². The van der Waals surface area contributed by atoms with Crippen LogP contribution >= 0.6 is 15.9 Å². The highest BCUT2D eigenvalue weighted by molar-refractivity contribution is 9.10. The molecule has 2 aromatic carbocycles. The van der Waals surface area contributed by atoms with E-state index in [1.165, 1.54) is 18.2 Å². The summed E-state index contributed by atoms with van der Waals surface area (Å²) in [6.07, 6.45) is 1.50. The Labute approximate surface area is 186 Å². The zero-order valence-electron chi connectivity index (χ0n) is 17.0. The molecule has 1 heterocycles.